The highest BCUT2D eigenvalue weighted by molar-refractivity contribution is 6.17. The molecule has 1 aliphatic heterocycles. The Balaban J connectivity index is 2.04. The van der Waals surface area contributed by atoms with Crippen LogP contribution in [0.3, 0.4) is 0 Å². The number of hydrogen-bond acceptors (Lipinski definition) is 2. The summed E-state index contributed by atoms with van der Waals surface area (Å²) in [4.78, 5) is 4.78. The zero-order chi connectivity index (χ0) is 12.5. The molecule has 96 valence electrons. The Labute approximate surface area is 112 Å². The van der Waals surface area contributed by atoms with Crippen molar-refractivity contribution in [1.82, 2.24) is 9.55 Å². The molecular formula is C14H17ClN2O. The van der Waals surface area contributed by atoms with Gasteiger partial charge in [-0.2, -0.15) is 0 Å². The van der Waals surface area contributed by atoms with Crippen LogP contribution in [0.1, 0.15) is 30.1 Å². The Hall–Kier alpha value is -1.06. The Kier molecular flexibility index (Phi) is 3.27. The maximum Gasteiger partial charge on any atom is 0.112 e. The lowest BCUT2D eigenvalue weighted by Gasteiger charge is -2.21. The quantitative estimate of drug-likeness (QED) is 0.779. The molecule has 0 N–H and O–H groups in total. The van der Waals surface area contributed by atoms with Gasteiger partial charge < -0.3 is 9.30 Å². The molecule has 0 saturated carbocycles. The second kappa shape index (κ2) is 4.90. The zero-order valence-corrected chi connectivity index (χ0v) is 11.3. The fourth-order valence-electron chi connectivity index (χ4n) is 2.66. The molecule has 3 nitrogen and oxygen atoms in total. The number of fused-ring (bicyclic) bond motifs is 1. The molecule has 0 spiro atoms. The molecule has 1 aromatic carbocycles. The van der Waals surface area contributed by atoms with Crippen LogP contribution >= 0.6 is 11.6 Å². The van der Waals surface area contributed by atoms with Gasteiger partial charge in [0.1, 0.15) is 5.82 Å². The molecule has 0 bridgehead atoms. The molecule has 1 aromatic heterocycles. The van der Waals surface area contributed by atoms with Crippen molar-refractivity contribution < 1.29 is 4.74 Å². The molecule has 2 aromatic rings. The monoisotopic (exact) mass is 264 g/mol. The van der Waals surface area contributed by atoms with E-state index in [0.29, 0.717) is 11.8 Å². The number of imidazole rings is 1. The van der Waals surface area contributed by atoms with Crippen molar-refractivity contribution in [2.45, 2.75) is 24.6 Å². The van der Waals surface area contributed by atoms with Gasteiger partial charge in [-0.25, -0.2) is 4.98 Å². The first-order chi connectivity index (χ1) is 8.79. The van der Waals surface area contributed by atoms with Gasteiger partial charge in [-0.3, -0.25) is 0 Å². The van der Waals surface area contributed by atoms with Gasteiger partial charge in [-0.15, -0.1) is 11.6 Å². The lowest BCUT2D eigenvalue weighted by molar-refractivity contribution is 0.0831. The number of hydrogen-bond donors (Lipinski definition) is 0. The van der Waals surface area contributed by atoms with E-state index < -0.39 is 0 Å². The lowest BCUT2D eigenvalue weighted by atomic mass is 9.99. The van der Waals surface area contributed by atoms with Crippen molar-refractivity contribution in [3.63, 3.8) is 0 Å². The van der Waals surface area contributed by atoms with Crippen LogP contribution < -0.4 is 0 Å². The molecule has 0 unspecified atom stereocenters. The first-order valence-corrected chi connectivity index (χ1v) is 6.92. The smallest absolute Gasteiger partial charge is 0.112 e. The van der Waals surface area contributed by atoms with Crippen molar-refractivity contribution in [3.05, 3.63) is 29.6 Å². The van der Waals surface area contributed by atoms with E-state index in [1.165, 1.54) is 11.3 Å². The normalized spacial score (nSPS) is 17.4. The summed E-state index contributed by atoms with van der Waals surface area (Å²) in [6, 6.07) is 6.25. The largest absolute Gasteiger partial charge is 0.381 e. The van der Waals surface area contributed by atoms with Gasteiger partial charge in [0.2, 0.25) is 0 Å². The fourth-order valence-corrected chi connectivity index (χ4v) is 2.82. The van der Waals surface area contributed by atoms with Gasteiger partial charge in [0.25, 0.3) is 0 Å². The zero-order valence-electron chi connectivity index (χ0n) is 10.5. The van der Waals surface area contributed by atoms with Crippen LogP contribution in [0.15, 0.2) is 18.2 Å². The summed E-state index contributed by atoms with van der Waals surface area (Å²) in [6.45, 7) is 1.70. The number of halogens is 1. The summed E-state index contributed by atoms with van der Waals surface area (Å²) in [6.07, 6.45) is 2.14. The number of nitrogens with zero attached hydrogens (tertiary/aromatic N) is 2. The number of benzene rings is 1. The predicted molar refractivity (Wildman–Crippen MR) is 73.1 cm³/mol. The van der Waals surface area contributed by atoms with E-state index in [-0.39, 0.29) is 0 Å². The lowest BCUT2D eigenvalue weighted by Crippen LogP contribution is -2.17. The van der Waals surface area contributed by atoms with Gasteiger partial charge in [0.15, 0.2) is 0 Å². The van der Waals surface area contributed by atoms with Gasteiger partial charge in [0, 0.05) is 32.1 Å². The van der Waals surface area contributed by atoms with E-state index in [0.717, 1.165) is 37.1 Å². The molecule has 0 amide bonds. The molecule has 2 heterocycles. The van der Waals surface area contributed by atoms with E-state index >= 15 is 0 Å². The van der Waals surface area contributed by atoms with Crippen molar-refractivity contribution in [2.75, 3.05) is 13.2 Å². The van der Waals surface area contributed by atoms with Crippen molar-refractivity contribution in [1.29, 1.82) is 0 Å². The van der Waals surface area contributed by atoms with E-state index in [1.807, 2.05) is 0 Å². The van der Waals surface area contributed by atoms with Crippen LogP contribution in [0.4, 0.5) is 0 Å². The van der Waals surface area contributed by atoms with E-state index in [9.17, 15) is 0 Å². The van der Waals surface area contributed by atoms with Crippen LogP contribution in [0, 0.1) is 0 Å². The Morgan fingerprint density at radius 2 is 2.17 bits per heavy atom. The van der Waals surface area contributed by atoms with Gasteiger partial charge in [-0.05, 0) is 30.5 Å². The number of alkyl halides is 1. The Morgan fingerprint density at radius 1 is 1.39 bits per heavy atom. The van der Waals surface area contributed by atoms with Gasteiger partial charge in [0.05, 0.1) is 11.0 Å². The first-order valence-electron chi connectivity index (χ1n) is 6.38. The Bertz CT molecular complexity index is 558. The van der Waals surface area contributed by atoms with Crippen LogP contribution in [-0.4, -0.2) is 22.8 Å². The molecular weight excluding hydrogens is 248 g/mol. The average molecular weight is 265 g/mol. The minimum atomic E-state index is 0.524. The summed E-state index contributed by atoms with van der Waals surface area (Å²) >= 11 is 5.89. The van der Waals surface area contributed by atoms with Crippen molar-refractivity contribution in [2.24, 2.45) is 7.05 Å². The fraction of sp³-hybridized carbons (Fsp3) is 0.500. The summed E-state index contributed by atoms with van der Waals surface area (Å²) < 4.78 is 7.63. The molecule has 3 rings (SSSR count). The highest BCUT2D eigenvalue weighted by Gasteiger charge is 2.21. The topological polar surface area (TPSA) is 27.1 Å². The Morgan fingerprint density at radius 3 is 2.89 bits per heavy atom. The first kappa shape index (κ1) is 12.0. The second-order valence-electron chi connectivity index (χ2n) is 4.87. The standard InChI is InChI=1S/C14H17ClN2O/c1-17-13-8-10(9-15)2-3-12(13)16-14(17)11-4-6-18-7-5-11/h2-3,8,11H,4-7,9H2,1H3. The SMILES string of the molecule is Cn1c(C2CCOCC2)nc2ccc(CCl)cc21. The minimum Gasteiger partial charge on any atom is -0.381 e. The third-order valence-corrected chi connectivity index (χ3v) is 4.03. The number of aromatic nitrogens is 2. The summed E-state index contributed by atoms with van der Waals surface area (Å²) in [5, 5.41) is 0. The number of rotatable bonds is 2. The average Bonchev–Trinajstić information content (AvgIpc) is 2.77. The second-order valence-corrected chi connectivity index (χ2v) is 5.14. The van der Waals surface area contributed by atoms with Crippen LogP contribution in [0.25, 0.3) is 11.0 Å². The highest BCUT2D eigenvalue weighted by atomic mass is 35.5. The van der Waals surface area contributed by atoms with Crippen molar-refractivity contribution in [3.8, 4) is 0 Å². The molecule has 18 heavy (non-hydrogen) atoms. The summed E-state index contributed by atoms with van der Waals surface area (Å²) in [7, 11) is 2.10. The van der Waals surface area contributed by atoms with Crippen LogP contribution in [0.2, 0.25) is 0 Å². The molecule has 4 heteroatoms. The van der Waals surface area contributed by atoms with Crippen molar-refractivity contribution >= 4 is 22.6 Å². The van der Waals surface area contributed by atoms with E-state index in [1.54, 1.807) is 0 Å². The number of ether oxygens (including phenoxy) is 1. The molecule has 1 saturated heterocycles. The van der Waals surface area contributed by atoms with E-state index in [2.05, 4.69) is 29.8 Å². The van der Waals surface area contributed by atoms with E-state index in [4.69, 9.17) is 21.3 Å². The molecule has 0 aliphatic carbocycles. The summed E-state index contributed by atoms with van der Waals surface area (Å²) in [5.41, 5.74) is 3.38. The van der Waals surface area contributed by atoms with Gasteiger partial charge >= 0.3 is 0 Å². The molecule has 0 atom stereocenters. The summed E-state index contributed by atoms with van der Waals surface area (Å²) in [5.74, 6) is 2.25. The minimum absolute atomic E-state index is 0.524. The molecule has 0 radical (unpaired) electrons. The molecule has 1 aliphatic rings. The maximum atomic E-state index is 5.89. The molecule has 1 fully saturated rings. The predicted octanol–water partition coefficient (Wildman–Crippen LogP) is 3.21. The van der Waals surface area contributed by atoms with Crippen LogP contribution in [-0.2, 0) is 17.7 Å². The number of aryl methyl sites for hydroxylation is 1. The third kappa shape index (κ3) is 2.02. The van der Waals surface area contributed by atoms with Gasteiger partial charge in [-0.1, -0.05) is 6.07 Å². The van der Waals surface area contributed by atoms with Crippen LogP contribution in [0.5, 0.6) is 0 Å². The maximum absolute atomic E-state index is 5.89. The highest BCUT2D eigenvalue weighted by Crippen LogP contribution is 2.29. The third-order valence-electron chi connectivity index (χ3n) is 3.72.